The first-order valence-electron chi connectivity index (χ1n) is 5.73. The lowest BCUT2D eigenvalue weighted by Crippen LogP contribution is -1.93. The fourth-order valence-corrected chi connectivity index (χ4v) is 1.94. The minimum Gasteiger partial charge on any atom is -0.441 e. The fourth-order valence-electron chi connectivity index (χ4n) is 1.94. The first kappa shape index (κ1) is 11.8. The summed E-state index contributed by atoms with van der Waals surface area (Å²) >= 11 is 0. The van der Waals surface area contributed by atoms with Crippen molar-refractivity contribution < 1.29 is 8.81 Å². The van der Waals surface area contributed by atoms with E-state index in [1.54, 1.807) is 6.92 Å². The highest BCUT2D eigenvalue weighted by Crippen LogP contribution is 2.28. The number of aryl methyl sites for hydroxylation is 2. The molecule has 2 rings (SSSR count). The van der Waals surface area contributed by atoms with Gasteiger partial charge < -0.3 is 4.42 Å². The third-order valence-electron chi connectivity index (χ3n) is 2.79. The molecule has 90 valence electrons. The molecule has 1 aromatic heterocycles. The highest BCUT2D eigenvalue weighted by Gasteiger charge is 2.13. The van der Waals surface area contributed by atoms with Crippen LogP contribution in [0.1, 0.15) is 36.9 Å². The average molecular weight is 233 g/mol. The van der Waals surface area contributed by atoms with Crippen LogP contribution in [0.4, 0.5) is 4.39 Å². The van der Waals surface area contributed by atoms with Crippen LogP contribution in [0, 0.1) is 19.7 Å². The second-order valence-electron chi connectivity index (χ2n) is 4.54. The fraction of sp³-hybridized carbons (Fsp3) is 0.357. The van der Waals surface area contributed by atoms with Crippen LogP contribution in [-0.2, 0) is 0 Å². The Labute approximate surface area is 100 Å². The molecule has 0 aliphatic rings. The summed E-state index contributed by atoms with van der Waals surface area (Å²) < 4.78 is 19.3. The van der Waals surface area contributed by atoms with Crippen LogP contribution in [0.15, 0.2) is 22.6 Å². The Morgan fingerprint density at radius 1 is 1.24 bits per heavy atom. The Morgan fingerprint density at radius 2 is 1.94 bits per heavy atom. The highest BCUT2D eigenvalue weighted by molar-refractivity contribution is 5.60. The standard InChI is InChI=1S/C14H16FNO/c1-8(2)12-6-5-11(7-13(12)15)14-9(3)16-10(4)17-14/h5-8H,1-4H3. The maximum atomic E-state index is 13.9. The molecular formula is C14H16FNO. The molecule has 1 heterocycles. The van der Waals surface area contributed by atoms with Gasteiger partial charge in [0.2, 0.25) is 0 Å². The SMILES string of the molecule is Cc1nc(C)c(-c2ccc(C(C)C)c(F)c2)o1. The summed E-state index contributed by atoms with van der Waals surface area (Å²) in [6, 6.07) is 5.21. The van der Waals surface area contributed by atoms with Crippen LogP contribution < -0.4 is 0 Å². The monoisotopic (exact) mass is 233 g/mol. The topological polar surface area (TPSA) is 26.0 Å². The minimum absolute atomic E-state index is 0.182. The lowest BCUT2D eigenvalue weighted by molar-refractivity contribution is 0.532. The van der Waals surface area contributed by atoms with Crippen LogP contribution in [0.25, 0.3) is 11.3 Å². The number of halogens is 1. The van der Waals surface area contributed by atoms with E-state index in [4.69, 9.17) is 4.42 Å². The Hall–Kier alpha value is -1.64. The van der Waals surface area contributed by atoms with Crippen LogP contribution in [-0.4, -0.2) is 4.98 Å². The van der Waals surface area contributed by atoms with Gasteiger partial charge in [-0.15, -0.1) is 0 Å². The van der Waals surface area contributed by atoms with E-state index >= 15 is 0 Å². The van der Waals surface area contributed by atoms with Crippen molar-refractivity contribution in [3.8, 4) is 11.3 Å². The number of hydrogen-bond donors (Lipinski definition) is 0. The van der Waals surface area contributed by atoms with E-state index in [0.29, 0.717) is 11.7 Å². The summed E-state index contributed by atoms with van der Waals surface area (Å²) in [7, 11) is 0. The first-order chi connectivity index (χ1) is 7.99. The normalized spacial score (nSPS) is 11.2. The molecule has 0 unspecified atom stereocenters. The van der Waals surface area contributed by atoms with Gasteiger partial charge in [-0.1, -0.05) is 26.0 Å². The number of hydrogen-bond acceptors (Lipinski definition) is 2. The third kappa shape index (κ3) is 2.23. The van der Waals surface area contributed by atoms with Gasteiger partial charge in [0, 0.05) is 12.5 Å². The van der Waals surface area contributed by atoms with E-state index in [-0.39, 0.29) is 11.7 Å². The van der Waals surface area contributed by atoms with E-state index in [1.165, 1.54) is 6.07 Å². The van der Waals surface area contributed by atoms with Crippen LogP contribution in [0.5, 0.6) is 0 Å². The third-order valence-corrected chi connectivity index (χ3v) is 2.79. The molecule has 0 radical (unpaired) electrons. The number of oxazole rings is 1. The number of rotatable bonds is 2. The molecule has 3 heteroatoms. The maximum Gasteiger partial charge on any atom is 0.192 e. The predicted octanol–water partition coefficient (Wildman–Crippen LogP) is 4.22. The summed E-state index contributed by atoms with van der Waals surface area (Å²) in [5, 5.41) is 0. The summed E-state index contributed by atoms with van der Waals surface area (Å²) in [5.41, 5.74) is 2.26. The van der Waals surface area contributed by atoms with E-state index in [2.05, 4.69) is 4.98 Å². The molecule has 0 fully saturated rings. The second kappa shape index (κ2) is 4.32. The van der Waals surface area contributed by atoms with Crippen LogP contribution in [0.3, 0.4) is 0 Å². The second-order valence-corrected chi connectivity index (χ2v) is 4.54. The van der Waals surface area contributed by atoms with Gasteiger partial charge in [0.1, 0.15) is 5.82 Å². The molecule has 1 aromatic carbocycles. The van der Waals surface area contributed by atoms with Crippen LogP contribution in [0.2, 0.25) is 0 Å². The zero-order chi connectivity index (χ0) is 12.6. The van der Waals surface area contributed by atoms with Crippen molar-refractivity contribution in [2.75, 3.05) is 0 Å². The van der Waals surface area contributed by atoms with Gasteiger partial charge in [-0.2, -0.15) is 0 Å². The Bertz CT molecular complexity index is 543. The van der Waals surface area contributed by atoms with Gasteiger partial charge >= 0.3 is 0 Å². The summed E-state index contributed by atoms with van der Waals surface area (Å²) in [6.07, 6.45) is 0. The molecule has 0 saturated heterocycles. The van der Waals surface area contributed by atoms with Crippen molar-refractivity contribution in [2.45, 2.75) is 33.6 Å². The number of benzene rings is 1. The smallest absolute Gasteiger partial charge is 0.192 e. The number of nitrogens with zero attached hydrogens (tertiary/aromatic N) is 1. The van der Waals surface area contributed by atoms with E-state index in [0.717, 1.165) is 16.8 Å². The molecule has 0 N–H and O–H groups in total. The van der Waals surface area contributed by atoms with Crippen molar-refractivity contribution in [2.24, 2.45) is 0 Å². The average Bonchev–Trinajstić information content (AvgIpc) is 2.57. The van der Waals surface area contributed by atoms with Gasteiger partial charge in [-0.05, 0) is 24.5 Å². The molecule has 2 nitrogen and oxygen atoms in total. The molecule has 2 aromatic rings. The van der Waals surface area contributed by atoms with Crippen LogP contribution >= 0.6 is 0 Å². The summed E-state index contributed by atoms with van der Waals surface area (Å²) in [4.78, 5) is 4.19. The Balaban J connectivity index is 2.48. The zero-order valence-electron chi connectivity index (χ0n) is 10.5. The molecule has 17 heavy (non-hydrogen) atoms. The quantitative estimate of drug-likeness (QED) is 0.776. The van der Waals surface area contributed by atoms with E-state index < -0.39 is 0 Å². The Kier molecular flexibility index (Phi) is 3.01. The predicted molar refractivity (Wildman–Crippen MR) is 65.5 cm³/mol. The maximum absolute atomic E-state index is 13.9. The van der Waals surface area contributed by atoms with Gasteiger partial charge in [0.05, 0.1) is 5.69 Å². The highest BCUT2D eigenvalue weighted by atomic mass is 19.1. The zero-order valence-corrected chi connectivity index (χ0v) is 10.5. The van der Waals surface area contributed by atoms with Crippen molar-refractivity contribution in [1.82, 2.24) is 4.98 Å². The summed E-state index contributed by atoms with van der Waals surface area (Å²) in [5.74, 6) is 1.25. The minimum atomic E-state index is -0.189. The van der Waals surface area contributed by atoms with Crippen molar-refractivity contribution in [3.63, 3.8) is 0 Å². The first-order valence-corrected chi connectivity index (χ1v) is 5.73. The summed E-state index contributed by atoms with van der Waals surface area (Å²) in [6.45, 7) is 7.60. The lowest BCUT2D eigenvalue weighted by Gasteiger charge is -2.08. The van der Waals surface area contributed by atoms with Gasteiger partial charge in [-0.25, -0.2) is 9.37 Å². The molecule has 0 spiro atoms. The van der Waals surface area contributed by atoms with Gasteiger partial charge in [0.25, 0.3) is 0 Å². The Morgan fingerprint density at radius 3 is 2.41 bits per heavy atom. The van der Waals surface area contributed by atoms with Crippen molar-refractivity contribution >= 4 is 0 Å². The molecule has 0 atom stereocenters. The molecule has 0 amide bonds. The van der Waals surface area contributed by atoms with Crippen molar-refractivity contribution in [1.29, 1.82) is 0 Å². The molecule has 0 aliphatic heterocycles. The molecular weight excluding hydrogens is 217 g/mol. The molecule has 0 saturated carbocycles. The largest absolute Gasteiger partial charge is 0.441 e. The number of aromatic nitrogens is 1. The lowest BCUT2D eigenvalue weighted by atomic mass is 10.00. The van der Waals surface area contributed by atoms with Crippen molar-refractivity contribution in [3.05, 3.63) is 41.2 Å². The van der Waals surface area contributed by atoms with Gasteiger partial charge in [-0.3, -0.25) is 0 Å². The van der Waals surface area contributed by atoms with E-state index in [1.807, 2.05) is 32.9 Å². The van der Waals surface area contributed by atoms with Gasteiger partial charge in [0.15, 0.2) is 11.7 Å². The molecule has 0 aliphatic carbocycles. The van der Waals surface area contributed by atoms with E-state index in [9.17, 15) is 4.39 Å². The molecule has 0 bridgehead atoms.